The van der Waals surface area contributed by atoms with E-state index in [-0.39, 0.29) is 28.8 Å². The summed E-state index contributed by atoms with van der Waals surface area (Å²) in [6.45, 7) is 12.8. The number of fused-ring (bicyclic) bond motifs is 1. The lowest BCUT2D eigenvalue weighted by Crippen LogP contribution is -2.33. The topological polar surface area (TPSA) is 79.7 Å². The third-order valence-electron chi connectivity index (χ3n) is 11.5. The van der Waals surface area contributed by atoms with E-state index in [1.54, 1.807) is 0 Å². The molecule has 0 radical (unpaired) electrons. The van der Waals surface area contributed by atoms with Gasteiger partial charge in [-0.25, -0.2) is 4.98 Å². The fraction of sp³-hybridized carbons (Fsp3) is 0.684. The first-order valence-electron chi connectivity index (χ1n) is 17.4. The van der Waals surface area contributed by atoms with Gasteiger partial charge in [-0.2, -0.15) is 0 Å². The van der Waals surface area contributed by atoms with Gasteiger partial charge in [-0.05, 0) is 112 Å². The molecule has 0 bridgehead atoms. The molecule has 1 aromatic rings. The Morgan fingerprint density at radius 1 is 1.23 bits per heavy atom. The molecule has 1 heterocycles. The van der Waals surface area contributed by atoms with E-state index in [0.717, 1.165) is 54.7 Å². The fourth-order valence-corrected chi connectivity index (χ4v) is 9.30. The monoisotopic (exact) mass is 621 g/mol. The number of carbonyl (C=O) groups is 1. The molecule has 0 saturated heterocycles. The van der Waals surface area contributed by atoms with Crippen LogP contribution in [0.4, 0.5) is 0 Å². The highest BCUT2D eigenvalue weighted by Gasteiger charge is 2.54. The van der Waals surface area contributed by atoms with Crippen LogP contribution >= 0.6 is 11.3 Å². The van der Waals surface area contributed by atoms with Gasteiger partial charge in [0.1, 0.15) is 11.1 Å². The van der Waals surface area contributed by atoms with Crippen molar-refractivity contribution < 1.29 is 19.7 Å². The Morgan fingerprint density at radius 2 is 2.02 bits per heavy atom. The van der Waals surface area contributed by atoms with E-state index in [1.807, 2.05) is 31.4 Å². The first kappa shape index (κ1) is 33.3. The smallest absolute Gasteiger partial charge is 0.309 e. The average Bonchev–Trinajstić information content (AvgIpc) is 3.54. The molecule has 5 nitrogen and oxygen atoms in total. The number of allylic oxidation sites excluding steroid dienone is 4. The van der Waals surface area contributed by atoms with Crippen molar-refractivity contribution in [2.24, 2.45) is 23.2 Å². The maximum atomic E-state index is 13.0. The Morgan fingerprint density at radius 3 is 2.75 bits per heavy atom. The lowest BCUT2D eigenvalue weighted by molar-refractivity contribution is -0.152. The van der Waals surface area contributed by atoms with Crippen molar-refractivity contribution in [2.75, 3.05) is 0 Å². The van der Waals surface area contributed by atoms with Crippen LogP contribution in [-0.2, 0) is 21.4 Å². The third-order valence-corrected chi connectivity index (χ3v) is 12.8. The van der Waals surface area contributed by atoms with Crippen LogP contribution in [0.2, 0.25) is 0 Å². The molecule has 0 aliphatic heterocycles. The van der Waals surface area contributed by atoms with Crippen molar-refractivity contribution >= 4 is 17.3 Å². The maximum Gasteiger partial charge on any atom is 0.309 e. The van der Waals surface area contributed by atoms with Crippen LogP contribution in [0.5, 0.6) is 0 Å². The number of esters is 1. The average molecular weight is 622 g/mol. The van der Waals surface area contributed by atoms with Crippen molar-refractivity contribution in [2.45, 2.75) is 141 Å². The Bertz CT molecular complexity index is 1270. The Kier molecular flexibility index (Phi) is 10.7. The summed E-state index contributed by atoms with van der Waals surface area (Å²) in [5.41, 5.74) is 3.33. The number of aromatic nitrogens is 1. The van der Waals surface area contributed by atoms with Gasteiger partial charge in [-0.1, -0.05) is 64.5 Å². The van der Waals surface area contributed by atoms with Crippen molar-refractivity contribution in [3.05, 3.63) is 63.7 Å². The van der Waals surface area contributed by atoms with Gasteiger partial charge in [0, 0.05) is 17.5 Å². The van der Waals surface area contributed by atoms with E-state index in [0.29, 0.717) is 24.7 Å². The first-order valence-corrected chi connectivity index (χ1v) is 18.2. The summed E-state index contributed by atoms with van der Waals surface area (Å²) in [7, 11) is 0. The molecule has 5 rings (SSSR count). The second-order valence-electron chi connectivity index (χ2n) is 14.5. The Hall–Kier alpha value is -2.02. The Labute approximate surface area is 269 Å². The molecule has 0 amide bonds. The first-order chi connectivity index (χ1) is 21.1. The van der Waals surface area contributed by atoms with Gasteiger partial charge in [0.15, 0.2) is 0 Å². The van der Waals surface area contributed by atoms with Crippen molar-refractivity contribution in [3.63, 3.8) is 0 Å². The van der Waals surface area contributed by atoms with Crippen LogP contribution in [0.25, 0.3) is 0 Å². The number of carbonyl (C=O) groups excluding carboxylic acids is 1. The molecule has 6 heteroatoms. The summed E-state index contributed by atoms with van der Waals surface area (Å²) < 4.78 is 6.28. The molecule has 4 aliphatic carbocycles. The zero-order valence-electron chi connectivity index (χ0n) is 27.5. The number of hydrogen-bond donors (Lipinski definition) is 2. The van der Waals surface area contributed by atoms with E-state index < -0.39 is 12.2 Å². The molecular formula is C38H55NO4S. The van der Waals surface area contributed by atoms with Crippen LogP contribution in [0.1, 0.15) is 121 Å². The number of nitrogens with zero attached hydrogens (tertiary/aromatic N) is 1. The second-order valence-corrected chi connectivity index (χ2v) is 15.6. The molecule has 4 saturated carbocycles. The number of unbranched alkanes of at least 4 members (excludes halogenated alkanes) is 1. The summed E-state index contributed by atoms with van der Waals surface area (Å²) in [4.78, 5) is 19.3. The van der Waals surface area contributed by atoms with Crippen molar-refractivity contribution in [3.8, 4) is 0 Å². The minimum absolute atomic E-state index is 0.0963. The third kappa shape index (κ3) is 7.03. The van der Waals surface area contributed by atoms with Gasteiger partial charge in [0.25, 0.3) is 0 Å². The summed E-state index contributed by atoms with van der Waals surface area (Å²) in [5.74, 6) is 0.951. The molecule has 2 N–H and O–H groups in total. The van der Waals surface area contributed by atoms with Crippen LogP contribution in [0.15, 0.2) is 53.8 Å². The number of aliphatic hydroxyl groups excluding tert-OH is 2. The maximum absolute atomic E-state index is 13.0. The molecule has 7 unspecified atom stereocenters. The van der Waals surface area contributed by atoms with Gasteiger partial charge in [-0.3, -0.25) is 4.79 Å². The number of aryl methyl sites for hydroxylation is 1. The summed E-state index contributed by atoms with van der Waals surface area (Å²) >= 11 is 1.82. The quantitative estimate of drug-likeness (QED) is 0.181. The van der Waals surface area contributed by atoms with Crippen LogP contribution in [0, 0.1) is 23.2 Å². The second kappa shape index (κ2) is 14.2. The highest BCUT2D eigenvalue weighted by molar-refractivity contribution is 7.11. The van der Waals surface area contributed by atoms with Gasteiger partial charge in [0.2, 0.25) is 0 Å². The summed E-state index contributed by atoms with van der Waals surface area (Å²) in [6.07, 6.45) is 23.8. The Balaban J connectivity index is 1.30. The van der Waals surface area contributed by atoms with Gasteiger partial charge in [-0.15, -0.1) is 11.3 Å². The highest BCUT2D eigenvalue weighted by atomic mass is 32.1. The lowest BCUT2D eigenvalue weighted by Gasteiger charge is -2.42. The molecule has 1 aromatic heterocycles. The number of aliphatic hydroxyl groups is 2. The van der Waals surface area contributed by atoms with E-state index in [2.05, 4.69) is 44.7 Å². The van der Waals surface area contributed by atoms with E-state index in [1.165, 1.54) is 49.0 Å². The van der Waals surface area contributed by atoms with E-state index >= 15 is 0 Å². The summed E-state index contributed by atoms with van der Waals surface area (Å²) in [5, 5.41) is 21.6. The van der Waals surface area contributed by atoms with Crippen molar-refractivity contribution in [1.82, 2.24) is 4.98 Å². The molecule has 44 heavy (non-hydrogen) atoms. The molecular weight excluding hydrogens is 566 g/mol. The number of thiazole rings is 1. The number of rotatable bonds is 12. The summed E-state index contributed by atoms with van der Waals surface area (Å²) in [6, 6.07) is 0. The van der Waals surface area contributed by atoms with Crippen molar-refractivity contribution in [1.29, 1.82) is 0 Å². The van der Waals surface area contributed by atoms with E-state index in [9.17, 15) is 15.0 Å². The molecule has 0 spiro atoms. The minimum atomic E-state index is -0.649. The molecule has 4 aliphatic rings. The predicted molar refractivity (Wildman–Crippen MR) is 179 cm³/mol. The van der Waals surface area contributed by atoms with Crippen LogP contribution in [-0.4, -0.2) is 39.5 Å². The normalized spacial score (nSPS) is 33.1. The lowest BCUT2D eigenvalue weighted by atomic mass is 9.63. The molecule has 242 valence electrons. The van der Waals surface area contributed by atoms with Crippen LogP contribution in [0.3, 0.4) is 0 Å². The van der Waals surface area contributed by atoms with Gasteiger partial charge < -0.3 is 14.9 Å². The minimum Gasteiger partial charge on any atom is -0.457 e. The zero-order chi connectivity index (χ0) is 31.5. The van der Waals surface area contributed by atoms with Gasteiger partial charge >= 0.3 is 5.97 Å². The SMILES string of the molecule is C=C1/C(=C\C=C2/CCCC3(C)C(C/C=C/C(OC(=O)C(C)CC)C4(c5ncc(CCCC)s5)CC4)CCC23)CC(O)CC1O. The highest BCUT2D eigenvalue weighted by Crippen LogP contribution is 2.59. The molecule has 7 atom stereocenters. The molecule has 0 aromatic carbocycles. The number of hydrogen-bond acceptors (Lipinski definition) is 6. The zero-order valence-corrected chi connectivity index (χ0v) is 28.3. The fourth-order valence-electron chi connectivity index (χ4n) is 8.07. The largest absolute Gasteiger partial charge is 0.457 e. The molecule has 4 fully saturated rings. The van der Waals surface area contributed by atoms with Crippen LogP contribution < -0.4 is 0 Å². The van der Waals surface area contributed by atoms with Gasteiger partial charge in [0.05, 0.1) is 23.5 Å². The predicted octanol–water partition coefficient (Wildman–Crippen LogP) is 8.56. The number of ether oxygens (including phenoxy) is 1. The van der Waals surface area contributed by atoms with E-state index in [4.69, 9.17) is 9.72 Å². The standard InChI is InChI=1S/C38H55NO4S/c1-6-8-13-31-24-39-36(44-31)38(20-21-38)34(43-35(42)25(3)7-2)14-9-12-29-17-18-32-27(11-10-19-37(29,32)5)15-16-28-22-30(40)23-33(41)26(28)4/h9,14-16,24-25,29-30,32-34,40-41H,4,6-8,10-13,17-23H2,1-3,5H3/b14-9+,27-15+,28-16-.